The van der Waals surface area contributed by atoms with E-state index in [4.69, 9.17) is 5.11 Å². The molecule has 1 fully saturated rings. The van der Waals surface area contributed by atoms with Gasteiger partial charge in [-0.25, -0.2) is 4.79 Å². The van der Waals surface area contributed by atoms with Crippen LogP contribution in [-0.4, -0.2) is 45.4 Å². The zero-order valence-corrected chi connectivity index (χ0v) is 10.2. The summed E-state index contributed by atoms with van der Waals surface area (Å²) in [7, 11) is 0. The number of carboxylic acid groups (broad SMARTS) is 2. The van der Waals surface area contributed by atoms with Gasteiger partial charge in [-0.3, -0.25) is 4.79 Å². The predicted octanol–water partition coefficient (Wildman–Crippen LogP) is 1.56. The first-order chi connectivity index (χ1) is 8.99. The smallest absolute Gasteiger partial charge is 0.407 e. The molecule has 6 heteroatoms. The van der Waals surface area contributed by atoms with Crippen LogP contribution in [0.1, 0.15) is 17.9 Å². The van der Waals surface area contributed by atoms with E-state index >= 15 is 0 Å². The van der Waals surface area contributed by atoms with Gasteiger partial charge in [0.25, 0.3) is 0 Å². The maximum absolute atomic E-state index is 11.3. The molecule has 0 aliphatic carbocycles. The average molecular weight is 265 g/mol. The SMILES string of the molecule is O=C(O)[C@H]1CN(C(=O)O)CC[C@@H]1c1ccc(O)cc1. The number of carboxylic acids is 1. The van der Waals surface area contributed by atoms with Crippen molar-refractivity contribution in [2.24, 2.45) is 5.92 Å². The summed E-state index contributed by atoms with van der Waals surface area (Å²) < 4.78 is 0. The van der Waals surface area contributed by atoms with E-state index in [1.165, 1.54) is 12.1 Å². The zero-order valence-electron chi connectivity index (χ0n) is 10.2. The number of amides is 1. The van der Waals surface area contributed by atoms with Gasteiger partial charge in [0.2, 0.25) is 0 Å². The second-order valence-corrected chi connectivity index (χ2v) is 4.66. The summed E-state index contributed by atoms with van der Waals surface area (Å²) in [6.07, 6.45) is -0.621. The Balaban J connectivity index is 2.22. The van der Waals surface area contributed by atoms with Crippen LogP contribution in [0.3, 0.4) is 0 Å². The quantitative estimate of drug-likeness (QED) is 0.753. The van der Waals surface area contributed by atoms with Crippen molar-refractivity contribution < 1.29 is 24.9 Å². The van der Waals surface area contributed by atoms with Crippen molar-refractivity contribution in [3.05, 3.63) is 29.8 Å². The van der Waals surface area contributed by atoms with Crippen LogP contribution >= 0.6 is 0 Å². The Labute approximate surface area is 109 Å². The lowest BCUT2D eigenvalue weighted by Gasteiger charge is -2.35. The highest BCUT2D eigenvalue weighted by Crippen LogP contribution is 2.34. The highest BCUT2D eigenvalue weighted by atomic mass is 16.4. The van der Waals surface area contributed by atoms with E-state index < -0.39 is 18.0 Å². The highest BCUT2D eigenvalue weighted by molar-refractivity contribution is 5.74. The van der Waals surface area contributed by atoms with Crippen LogP contribution in [-0.2, 0) is 4.79 Å². The molecule has 1 amide bonds. The van der Waals surface area contributed by atoms with Crippen molar-refractivity contribution in [1.82, 2.24) is 4.90 Å². The molecule has 2 rings (SSSR count). The van der Waals surface area contributed by atoms with Crippen LogP contribution in [0.25, 0.3) is 0 Å². The van der Waals surface area contributed by atoms with Gasteiger partial charge in [-0.05, 0) is 24.1 Å². The zero-order chi connectivity index (χ0) is 14.0. The molecule has 3 N–H and O–H groups in total. The molecule has 0 radical (unpaired) electrons. The van der Waals surface area contributed by atoms with Gasteiger partial charge in [0, 0.05) is 19.0 Å². The van der Waals surface area contributed by atoms with E-state index in [0.717, 1.165) is 10.5 Å². The molecule has 6 nitrogen and oxygen atoms in total. The molecular weight excluding hydrogens is 250 g/mol. The third-order valence-corrected chi connectivity index (χ3v) is 3.52. The number of likely N-dealkylation sites (tertiary alicyclic amines) is 1. The Kier molecular flexibility index (Phi) is 3.59. The lowest BCUT2D eigenvalue weighted by Crippen LogP contribution is -2.45. The lowest BCUT2D eigenvalue weighted by molar-refractivity contribution is -0.144. The molecule has 1 heterocycles. The first-order valence-electron chi connectivity index (χ1n) is 5.98. The highest BCUT2D eigenvalue weighted by Gasteiger charge is 2.36. The number of benzene rings is 1. The molecule has 1 aromatic rings. The van der Waals surface area contributed by atoms with Gasteiger partial charge in [0.15, 0.2) is 0 Å². The van der Waals surface area contributed by atoms with Crippen molar-refractivity contribution >= 4 is 12.1 Å². The molecule has 0 bridgehead atoms. The van der Waals surface area contributed by atoms with Crippen molar-refractivity contribution in [2.75, 3.05) is 13.1 Å². The fraction of sp³-hybridized carbons (Fsp3) is 0.385. The molecule has 2 atom stereocenters. The number of piperidine rings is 1. The average Bonchev–Trinajstić information content (AvgIpc) is 2.38. The Hall–Kier alpha value is -2.24. The van der Waals surface area contributed by atoms with Crippen LogP contribution in [0, 0.1) is 5.92 Å². The van der Waals surface area contributed by atoms with E-state index in [0.29, 0.717) is 13.0 Å². The van der Waals surface area contributed by atoms with Crippen molar-refractivity contribution in [3.8, 4) is 5.75 Å². The molecule has 0 spiro atoms. The maximum atomic E-state index is 11.3. The minimum absolute atomic E-state index is 0.00376. The molecule has 0 saturated carbocycles. The number of phenolic OH excluding ortho intramolecular Hbond substituents is 1. The standard InChI is InChI=1S/C13H15NO5/c15-9-3-1-8(2-4-9)10-5-6-14(13(18)19)7-11(10)12(16)17/h1-4,10-11,15H,5-7H2,(H,16,17)(H,18,19)/t10-,11+/m1/s1. The van der Waals surface area contributed by atoms with Gasteiger partial charge in [0.1, 0.15) is 5.75 Å². The molecule has 19 heavy (non-hydrogen) atoms. The summed E-state index contributed by atoms with van der Waals surface area (Å²) in [6.45, 7) is 0.320. The third-order valence-electron chi connectivity index (χ3n) is 3.52. The van der Waals surface area contributed by atoms with E-state index in [1.54, 1.807) is 12.1 Å². The summed E-state index contributed by atoms with van der Waals surface area (Å²) in [5.74, 6) is -1.86. The van der Waals surface area contributed by atoms with E-state index in [1.807, 2.05) is 0 Å². The first kappa shape index (κ1) is 13.2. The molecule has 102 valence electrons. The van der Waals surface area contributed by atoms with E-state index in [9.17, 15) is 19.8 Å². The van der Waals surface area contributed by atoms with Gasteiger partial charge in [0.05, 0.1) is 5.92 Å². The van der Waals surface area contributed by atoms with Gasteiger partial charge in [-0.15, -0.1) is 0 Å². The van der Waals surface area contributed by atoms with Gasteiger partial charge in [-0.2, -0.15) is 0 Å². The third kappa shape index (κ3) is 2.78. The summed E-state index contributed by atoms with van der Waals surface area (Å²) in [5, 5.41) is 27.4. The molecule has 1 aliphatic rings. The number of nitrogens with zero attached hydrogens (tertiary/aromatic N) is 1. The van der Waals surface area contributed by atoms with Crippen LogP contribution in [0.5, 0.6) is 5.75 Å². The molecular formula is C13H15NO5. The number of aliphatic carboxylic acids is 1. The molecule has 1 aliphatic heterocycles. The molecule has 1 aromatic carbocycles. The second kappa shape index (κ2) is 5.17. The normalized spacial score (nSPS) is 23.1. The Morgan fingerprint density at radius 2 is 1.79 bits per heavy atom. The fourth-order valence-corrected chi connectivity index (χ4v) is 2.50. The maximum Gasteiger partial charge on any atom is 0.407 e. The Morgan fingerprint density at radius 1 is 1.16 bits per heavy atom. The van der Waals surface area contributed by atoms with Crippen LogP contribution < -0.4 is 0 Å². The molecule has 0 aromatic heterocycles. The second-order valence-electron chi connectivity index (χ2n) is 4.66. The summed E-state index contributed by atoms with van der Waals surface area (Å²) in [4.78, 5) is 23.3. The predicted molar refractivity (Wildman–Crippen MR) is 66.2 cm³/mol. The number of carbonyl (C=O) groups is 2. The number of aromatic hydroxyl groups is 1. The minimum Gasteiger partial charge on any atom is -0.508 e. The van der Waals surface area contributed by atoms with Crippen LogP contribution in [0.15, 0.2) is 24.3 Å². The number of phenols is 1. The van der Waals surface area contributed by atoms with E-state index in [2.05, 4.69) is 0 Å². The lowest BCUT2D eigenvalue weighted by atomic mass is 9.80. The number of hydrogen-bond acceptors (Lipinski definition) is 3. The summed E-state index contributed by atoms with van der Waals surface area (Å²) in [6, 6.07) is 6.40. The Bertz CT molecular complexity index is 484. The largest absolute Gasteiger partial charge is 0.508 e. The van der Waals surface area contributed by atoms with Crippen molar-refractivity contribution in [1.29, 1.82) is 0 Å². The topological polar surface area (TPSA) is 98.1 Å². The van der Waals surface area contributed by atoms with Crippen molar-refractivity contribution in [2.45, 2.75) is 12.3 Å². The van der Waals surface area contributed by atoms with Gasteiger partial charge in [-0.1, -0.05) is 12.1 Å². The molecule has 1 saturated heterocycles. The van der Waals surface area contributed by atoms with Gasteiger partial charge >= 0.3 is 12.1 Å². The fourth-order valence-electron chi connectivity index (χ4n) is 2.50. The minimum atomic E-state index is -1.09. The van der Waals surface area contributed by atoms with Crippen molar-refractivity contribution in [3.63, 3.8) is 0 Å². The number of hydrogen-bond donors (Lipinski definition) is 3. The molecule has 0 unspecified atom stereocenters. The van der Waals surface area contributed by atoms with Gasteiger partial charge < -0.3 is 20.2 Å². The number of rotatable bonds is 2. The summed E-state index contributed by atoms with van der Waals surface area (Å²) in [5.41, 5.74) is 0.815. The van der Waals surface area contributed by atoms with Crippen LogP contribution in [0.2, 0.25) is 0 Å². The summed E-state index contributed by atoms with van der Waals surface area (Å²) >= 11 is 0. The Morgan fingerprint density at radius 3 is 2.32 bits per heavy atom. The van der Waals surface area contributed by atoms with Crippen LogP contribution in [0.4, 0.5) is 4.79 Å². The van der Waals surface area contributed by atoms with E-state index in [-0.39, 0.29) is 18.2 Å². The monoisotopic (exact) mass is 265 g/mol. The first-order valence-corrected chi connectivity index (χ1v) is 5.98.